The van der Waals surface area contributed by atoms with Crippen LogP contribution in [0.5, 0.6) is 0 Å². The molecule has 1 N–H and O–H groups in total. The zero-order valence-electron chi connectivity index (χ0n) is 11.1. The number of nitrogens with one attached hydrogen (secondary N) is 1. The van der Waals surface area contributed by atoms with E-state index in [0.29, 0.717) is 0 Å². The molecule has 2 rings (SSSR count). The molecular formula is C14H19BrN2OS. The maximum Gasteiger partial charge on any atom is 0.183 e. The molecule has 104 valence electrons. The normalized spacial score (nSPS) is 11.1. The lowest BCUT2D eigenvalue weighted by molar-refractivity contribution is 0.131. The molecule has 0 aliphatic heterocycles. The second kappa shape index (κ2) is 7.82. The van der Waals surface area contributed by atoms with Gasteiger partial charge in [0.05, 0.1) is 10.2 Å². The molecule has 0 aliphatic rings. The van der Waals surface area contributed by atoms with Crippen molar-refractivity contribution in [2.45, 2.75) is 26.2 Å². The molecule has 0 saturated carbocycles. The van der Waals surface area contributed by atoms with E-state index in [9.17, 15) is 0 Å². The Kier molecular flexibility index (Phi) is 6.07. The van der Waals surface area contributed by atoms with Crippen LogP contribution in [0.1, 0.15) is 26.2 Å². The first-order chi connectivity index (χ1) is 9.29. The first-order valence-electron chi connectivity index (χ1n) is 6.67. The van der Waals surface area contributed by atoms with Gasteiger partial charge < -0.3 is 10.1 Å². The number of hydrogen-bond donors (Lipinski definition) is 1. The fourth-order valence-corrected chi connectivity index (χ4v) is 2.91. The number of ether oxygens (including phenoxy) is 1. The molecule has 0 fully saturated rings. The highest BCUT2D eigenvalue weighted by molar-refractivity contribution is 9.10. The average Bonchev–Trinajstić information content (AvgIpc) is 2.79. The predicted octanol–water partition coefficient (Wildman–Crippen LogP) is 4.68. The van der Waals surface area contributed by atoms with E-state index in [1.165, 1.54) is 11.1 Å². The number of aromatic nitrogens is 1. The molecule has 1 aromatic heterocycles. The van der Waals surface area contributed by atoms with Gasteiger partial charge in [-0.1, -0.05) is 40.6 Å². The van der Waals surface area contributed by atoms with Crippen LogP contribution in [-0.4, -0.2) is 24.7 Å². The van der Waals surface area contributed by atoms with Gasteiger partial charge in [-0.15, -0.1) is 0 Å². The molecule has 19 heavy (non-hydrogen) atoms. The summed E-state index contributed by atoms with van der Waals surface area (Å²) in [5.41, 5.74) is 1.04. The Morgan fingerprint density at radius 3 is 3.00 bits per heavy atom. The minimum absolute atomic E-state index is 0.823. The number of rotatable bonds is 8. The topological polar surface area (TPSA) is 34.1 Å². The summed E-state index contributed by atoms with van der Waals surface area (Å²) in [4.78, 5) is 4.56. The summed E-state index contributed by atoms with van der Waals surface area (Å²) in [7, 11) is 0. The molecule has 0 bridgehead atoms. The molecule has 5 heteroatoms. The highest BCUT2D eigenvalue weighted by Gasteiger charge is 2.03. The van der Waals surface area contributed by atoms with Crippen LogP contribution < -0.4 is 5.32 Å². The second-order valence-corrected chi connectivity index (χ2v) is 6.32. The molecule has 1 aromatic carbocycles. The minimum atomic E-state index is 0.823. The van der Waals surface area contributed by atoms with E-state index in [2.05, 4.69) is 39.2 Å². The Morgan fingerprint density at radius 2 is 2.16 bits per heavy atom. The van der Waals surface area contributed by atoms with Crippen LogP contribution in [0.4, 0.5) is 5.13 Å². The third kappa shape index (κ3) is 4.75. The predicted molar refractivity (Wildman–Crippen MR) is 86.2 cm³/mol. The number of thiazole rings is 1. The third-order valence-electron chi connectivity index (χ3n) is 2.73. The maximum absolute atomic E-state index is 5.52. The number of nitrogens with zero attached hydrogens (tertiary/aromatic N) is 1. The van der Waals surface area contributed by atoms with Gasteiger partial charge >= 0.3 is 0 Å². The number of unbranched alkanes of at least 4 members (excludes halogenated alkanes) is 1. The Balaban J connectivity index is 1.72. The molecule has 0 radical (unpaired) electrons. The fraction of sp³-hybridized carbons (Fsp3) is 0.500. The summed E-state index contributed by atoms with van der Waals surface area (Å²) in [6.07, 6.45) is 3.36. The van der Waals surface area contributed by atoms with Gasteiger partial charge in [-0.3, -0.25) is 0 Å². The molecule has 0 atom stereocenters. The van der Waals surface area contributed by atoms with Gasteiger partial charge in [-0.2, -0.15) is 0 Å². The Morgan fingerprint density at radius 1 is 1.32 bits per heavy atom. The van der Waals surface area contributed by atoms with Crippen molar-refractivity contribution in [2.75, 3.05) is 25.1 Å². The lowest BCUT2D eigenvalue weighted by atomic mass is 10.3. The van der Waals surface area contributed by atoms with Crippen LogP contribution in [0.15, 0.2) is 22.7 Å². The van der Waals surface area contributed by atoms with E-state index in [-0.39, 0.29) is 0 Å². The zero-order valence-corrected chi connectivity index (χ0v) is 13.5. The molecule has 3 nitrogen and oxygen atoms in total. The van der Waals surface area contributed by atoms with E-state index in [0.717, 1.165) is 47.7 Å². The van der Waals surface area contributed by atoms with Gasteiger partial charge in [0.2, 0.25) is 0 Å². The lowest BCUT2D eigenvalue weighted by Gasteiger charge is -2.03. The van der Waals surface area contributed by atoms with E-state index >= 15 is 0 Å². The van der Waals surface area contributed by atoms with Crippen LogP contribution in [-0.2, 0) is 4.74 Å². The highest BCUT2D eigenvalue weighted by Crippen LogP contribution is 2.27. The van der Waals surface area contributed by atoms with Crippen molar-refractivity contribution in [3.05, 3.63) is 22.7 Å². The number of anilines is 1. The van der Waals surface area contributed by atoms with Gasteiger partial charge in [0.15, 0.2) is 5.13 Å². The van der Waals surface area contributed by atoms with Crippen LogP contribution in [0.25, 0.3) is 10.2 Å². The number of hydrogen-bond acceptors (Lipinski definition) is 4. The molecule has 0 amide bonds. The standard InChI is InChI=1S/C14H19BrN2OS/c1-2-3-8-18-9-4-7-16-14-17-12-10-11(15)5-6-13(12)19-14/h5-6,10H,2-4,7-9H2,1H3,(H,16,17). The summed E-state index contributed by atoms with van der Waals surface area (Å²) in [5, 5.41) is 4.34. The first kappa shape index (κ1) is 14.8. The van der Waals surface area contributed by atoms with Crippen molar-refractivity contribution in [1.82, 2.24) is 4.98 Å². The number of halogens is 1. The maximum atomic E-state index is 5.52. The van der Waals surface area contributed by atoms with Gasteiger partial charge in [-0.25, -0.2) is 4.98 Å². The van der Waals surface area contributed by atoms with Crippen molar-refractivity contribution >= 4 is 42.6 Å². The van der Waals surface area contributed by atoms with Gasteiger partial charge in [-0.05, 0) is 31.0 Å². The first-order valence-corrected chi connectivity index (χ1v) is 8.28. The van der Waals surface area contributed by atoms with Crippen molar-refractivity contribution in [3.8, 4) is 0 Å². The van der Waals surface area contributed by atoms with Crippen LogP contribution >= 0.6 is 27.3 Å². The fourth-order valence-electron chi connectivity index (χ4n) is 1.69. The number of benzene rings is 1. The monoisotopic (exact) mass is 342 g/mol. The minimum Gasteiger partial charge on any atom is -0.381 e. The van der Waals surface area contributed by atoms with E-state index in [1.807, 2.05) is 12.1 Å². The second-order valence-electron chi connectivity index (χ2n) is 4.38. The molecule has 1 heterocycles. The molecule has 0 unspecified atom stereocenters. The Hall–Kier alpha value is -0.650. The molecule has 2 aromatic rings. The van der Waals surface area contributed by atoms with Crippen LogP contribution in [0, 0.1) is 0 Å². The molecular weight excluding hydrogens is 324 g/mol. The largest absolute Gasteiger partial charge is 0.381 e. The lowest BCUT2D eigenvalue weighted by Crippen LogP contribution is -2.05. The molecule has 0 aliphatic carbocycles. The van der Waals surface area contributed by atoms with Crippen molar-refractivity contribution in [1.29, 1.82) is 0 Å². The highest BCUT2D eigenvalue weighted by atomic mass is 79.9. The van der Waals surface area contributed by atoms with Crippen molar-refractivity contribution in [3.63, 3.8) is 0 Å². The Bertz CT molecular complexity index is 515. The summed E-state index contributed by atoms with van der Waals surface area (Å²) in [5.74, 6) is 0. The van der Waals surface area contributed by atoms with Crippen LogP contribution in [0.2, 0.25) is 0 Å². The Labute approximate surface area is 126 Å². The number of fused-ring (bicyclic) bond motifs is 1. The summed E-state index contributed by atoms with van der Waals surface area (Å²) in [6.45, 7) is 4.79. The van der Waals surface area contributed by atoms with Gasteiger partial charge in [0, 0.05) is 24.2 Å². The quantitative estimate of drug-likeness (QED) is 0.707. The summed E-state index contributed by atoms with van der Waals surface area (Å²) >= 11 is 5.16. The van der Waals surface area contributed by atoms with E-state index < -0.39 is 0 Å². The van der Waals surface area contributed by atoms with E-state index in [4.69, 9.17) is 4.74 Å². The average molecular weight is 343 g/mol. The molecule has 0 saturated heterocycles. The van der Waals surface area contributed by atoms with Crippen molar-refractivity contribution in [2.24, 2.45) is 0 Å². The third-order valence-corrected chi connectivity index (χ3v) is 4.22. The SMILES string of the molecule is CCCCOCCCNc1nc2cc(Br)ccc2s1. The van der Waals surface area contributed by atoms with Crippen molar-refractivity contribution < 1.29 is 4.74 Å². The smallest absolute Gasteiger partial charge is 0.183 e. The summed E-state index contributed by atoms with van der Waals surface area (Å²) < 4.78 is 7.81. The van der Waals surface area contributed by atoms with E-state index in [1.54, 1.807) is 11.3 Å². The van der Waals surface area contributed by atoms with Gasteiger partial charge in [0.1, 0.15) is 0 Å². The molecule has 0 spiro atoms. The van der Waals surface area contributed by atoms with Crippen LogP contribution in [0.3, 0.4) is 0 Å². The van der Waals surface area contributed by atoms with Gasteiger partial charge in [0.25, 0.3) is 0 Å². The summed E-state index contributed by atoms with van der Waals surface area (Å²) in [6, 6.07) is 6.19. The zero-order chi connectivity index (χ0) is 13.5.